The van der Waals surface area contributed by atoms with E-state index in [1.54, 1.807) is 31.4 Å². The molecular weight excluding hydrogens is 240 g/mol. The van der Waals surface area contributed by atoms with Crippen molar-refractivity contribution in [3.8, 4) is 17.6 Å². The molecule has 0 aromatic heterocycles. The highest BCUT2D eigenvalue weighted by molar-refractivity contribution is 5.53. The Morgan fingerprint density at radius 3 is 2.53 bits per heavy atom. The molecule has 0 saturated heterocycles. The third kappa shape index (κ3) is 3.17. The normalized spacial score (nSPS) is 10.7. The van der Waals surface area contributed by atoms with Gasteiger partial charge in [0.1, 0.15) is 18.1 Å². The minimum atomic E-state index is 0.624. The fraction of sp³-hybridized carbons (Fsp3) is 0.133. The molecule has 2 N–H and O–H groups in total. The topological polar surface area (TPSA) is 68.3 Å². The highest BCUT2D eigenvalue weighted by Crippen LogP contribution is 2.26. The zero-order chi connectivity index (χ0) is 13.7. The molecule has 96 valence electrons. The highest BCUT2D eigenvalue weighted by atomic mass is 16.5. The maximum atomic E-state index is 8.45. The van der Waals surface area contributed by atoms with Crippen molar-refractivity contribution in [2.75, 3.05) is 12.8 Å². The van der Waals surface area contributed by atoms with Gasteiger partial charge in [-0.15, -0.1) is 0 Å². The van der Waals surface area contributed by atoms with Gasteiger partial charge in [-0.1, -0.05) is 6.07 Å². The van der Waals surface area contributed by atoms with E-state index in [0.717, 1.165) is 22.7 Å². The fourth-order valence-corrected chi connectivity index (χ4v) is 1.65. The molecule has 2 heterocycles. The van der Waals surface area contributed by atoms with E-state index in [1.807, 2.05) is 24.3 Å². The SMILES string of the molecule is COc1cccc(C#N)c1.Nc1cc2ccc1CO2. The lowest BCUT2D eigenvalue weighted by Crippen LogP contribution is -2.05. The van der Waals surface area contributed by atoms with Crippen LogP contribution in [0.4, 0.5) is 5.69 Å². The van der Waals surface area contributed by atoms with Crippen LogP contribution in [0.3, 0.4) is 0 Å². The summed E-state index contributed by atoms with van der Waals surface area (Å²) in [7, 11) is 1.58. The number of hydrogen-bond acceptors (Lipinski definition) is 4. The number of hydrogen-bond donors (Lipinski definition) is 1. The van der Waals surface area contributed by atoms with Gasteiger partial charge in [0.2, 0.25) is 0 Å². The van der Waals surface area contributed by atoms with Crippen molar-refractivity contribution in [2.45, 2.75) is 6.61 Å². The first kappa shape index (κ1) is 12.8. The molecule has 0 aliphatic carbocycles. The Kier molecular flexibility index (Phi) is 3.89. The summed E-state index contributed by atoms with van der Waals surface area (Å²) in [5.74, 6) is 1.60. The standard InChI is InChI=1S/C8H7NO.C7H7NO/c1-10-8-4-2-3-7(5-8)6-9;8-7-3-6-2-1-5(7)4-9-6/h2-5H,1H3;1-3H,4,8H2. The van der Waals surface area contributed by atoms with Crippen LogP contribution >= 0.6 is 0 Å². The maximum absolute atomic E-state index is 8.45. The van der Waals surface area contributed by atoms with Gasteiger partial charge in [-0.2, -0.15) is 5.26 Å². The van der Waals surface area contributed by atoms with E-state index in [2.05, 4.69) is 0 Å². The molecule has 2 aliphatic heterocycles. The minimum absolute atomic E-state index is 0.624. The molecular formula is C15H14N2O2. The first-order valence-electron chi connectivity index (χ1n) is 5.78. The molecule has 2 aromatic carbocycles. The van der Waals surface area contributed by atoms with Crippen LogP contribution in [0.2, 0.25) is 0 Å². The van der Waals surface area contributed by atoms with Crippen LogP contribution in [-0.4, -0.2) is 7.11 Å². The molecule has 4 rings (SSSR count). The van der Waals surface area contributed by atoms with Crippen LogP contribution in [-0.2, 0) is 6.61 Å². The van der Waals surface area contributed by atoms with Gasteiger partial charge in [0.05, 0.1) is 18.7 Å². The predicted molar refractivity (Wildman–Crippen MR) is 72.9 cm³/mol. The van der Waals surface area contributed by atoms with Crippen LogP contribution in [0.25, 0.3) is 0 Å². The Balaban J connectivity index is 0.000000141. The number of nitrogens with zero attached hydrogens (tertiary/aromatic N) is 1. The van der Waals surface area contributed by atoms with E-state index in [-0.39, 0.29) is 0 Å². The van der Waals surface area contributed by atoms with Crippen molar-refractivity contribution in [2.24, 2.45) is 0 Å². The van der Waals surface area contributed by atoms with Gasteiger partial charge in [0, 0.05) is 17.3 Å². The van der Waals surface area contributed by atoms with Crippen molar-refractivity contribution < 1.29 is 9.47 Å². The number of nitrogens with two attached hydrogens (primary N) is 1. The molecule has 0 saturated carbocycles. The number of nitrogen functional groups attached to an aromatic ring is 1. The molecule has 0 radical (unpaired) electrons. The maximum Gasteiger partial charge on any atom is 0.121 e. The number of nitriles is 1. The van der Waals surface area contributed by atoms with Gasteiger partial charge in [-0.25, -0.2) is 0 Å². The number of anilines is 1. The van der Waals surface area contributed by atoms with Gasteiger partial charge in [0.15, 0.2) is 0 Å². The lowest BCUT2D eigenvalue weighted by molar-refractivity contribution is 0.297. The summed E-state index contributed by atoms with van der Waals surface area (Å²) < 4.78 is 10.1. The average Bonchev–Trinajstić information content (AvgIpc) is 2.49. The first-order valence-corrected chi connectivity index (χ1v) is 5.78. The smallest absolute Gasteiger partial charge is 0.121 e. The zero-order valence-corrected chi connectivity index (χ0v) is 10.6. The second-order valence-electron chi connectivity index (χ2n) is 3.99. The van der Waals surface area contributed by atoms with Crippen molar-refractivity contribution in [3.05, 3.63) is 53.6 Å². The monoisotopic (exact) mass is 254 g/mol. The zero-order valence-electron chi connectivity index (χ0n) is 10.6. The van der Waals surface area contributed by atoms with Crippen LogP contribution < -0.4 is 15.2 Å². The van der Waals surface area contributed by atoms with E-state index in [4.69, 9.17) is 20.5 Å². The van der Waals surface area contributed by atoms with E-state index < -0.39 is 0 Å². The molecule has 19 heavy (non-hydrogen) atoms. The highest BCUT2D eigenvalue weighted by Gasteiger charge is 2.07. The summed E-state index contributed by atoms with van der Waals surface area (Å²) in [6, 6.07) is 14.8. The molecule has 2 aliphatic rings. The molecule has 2 aromatic rings. The fourth-order valence-electron chi connectivity index (χ4n) is 1.65. The third-order valence-electron chi connectivity index (χ3n) is 2.71. The Labute approximate surface area is 112 Å². The Bertz CT molecular complexity index is 618. The van der Waals surface area contributed by atoms with E-state index >= 15 is 0 Å². The van der Waals surface area contributed by atoms with Gasteiger partial charge in [-0.3, -0.25) is 0 Å². The minimum Gasteiger partial charge on any atom is -0.497 e. The Morgan fingerprint density at radius 1 is 1.26 bits per heavy atom. The number of ether oxygens (including phenoxy) is 2. The second kappa shape index (κ2) is 5.78. The predicted octanol–water partition coefficient (Wildman–Crippen LogP) is 2.73. The molecule has 4 nitrogen and oxygen atoms in total. The third-order valence-corrected chi connectivity index (χ3v) is 2.71. The van der Waals surface area contributed by atoms with Crippen molar-refractivity contribution in [1.29, 1.82) is 5.26 Å². The second-order valence-corrected chi connectivity index (χ2v) is 3.99. The molecule has 2 bridgehead atoms. The Hall–Kier alpha value is -2.67. The largest absolute Gasteiger partial charge is 0.497 e. The number of fused-ring (bicyclic) bond motifs is 3. The van der Waals surface area contributed by atoms with Gasteiger partial charge in [-0.05, 0) is 30.3 Å². The summed E-state index contributed by atoms with van der Waals surface area (Å²) in [5, 5.41) is 8.45. The number of benzene rings is 2. The lowest BCUT2D eigenvalue weighted by atomic mass is 10.1. The van der Waals surface area contributed by atoms with Crippen molar-refractivity contribution in [3.63, 3.8) is 0 Å². The van der Waals surface area contributed by atoms with E-state index in [0.29, 0.717) is 12.2 Å². The van der Waals surface area contributed by atoms with Crippen LogP contribution in [0.15, 0.2) is 42.5 Å². The van der Waals surface area contributed by atoms with Crippen LogP contribution in [0.1, 0.15) is 11.1 Å². The molecule has 0 fully saturated rings. The van der Waals surface area contributed by atoms with E-state index in [1.165, 1.54) is 0 Å². The molecule has 0 spiro atoms. The molecule has 4 heteroatoms. The van der Waals surface area contributed by atoms with Gasteiger partial charge < -0.3 is 15.2 Å². The number of rotatable bonds is 1. The molecule has 0 unspecified atom stereocenters. The van der Waals surface area contributed by atoms with Crippen molar-refractivity contribution >= 4 is 5.69 Å². The average molecular weight is 254 g/mol. The molecule has 0 atom stereocenters. The lowest BCUT2D eigenvalue weighted by Gasteiger charge is -2.15. The van der Waals surface area contributed by atoms with Crippen molar-refractivity contribution in [1.82, 2.24) is 0 Å². The summed E-state index contributed by atoms with van der Waals surface area (Å²) in [6.07, 6.45) is 0. The first-order chi connectivity index (χ1) is 9.22. The summed E-state index contributed by atoms with van der Waals surface area (Å²) in [4.78, 5) is 0. The summed E-state index contributed by atoms with van der Waals surface area (Å²) in [6.45, 7) is 0.647. The van der Waals surface area contributed by atoms with Gasteiger partial charge >= 0.3 is 0 Å². The quantitative estimate of drug-likeness (QED) is 0.794. The Morgan fingerprint density at radius 2 is 2.11 bits per heavy atom. The molecule has 0 amide bonds. The summed E-state index contributed by atoms with van der Waals surface area (Å²) >= 11 is 0. The van der Waals surface area contributed by atoms with Crippen LogP contribution in [0.5, 0.6) is 11.5 Å². The van der Waals surface area contributed by atoms with E-state index in [9.17, 15) is 0 Å². The summed E-state index contributed by atoms with van der Waals surface area (Å²) in [5.41, 5.74) is 8.15. The number of methoxy groups -OCH3 is 1. The van der Waals surface area contributed by atoms with Crippen LogP contribution in [0, 0.1) is 11.3 Å². The van der Waals surface area contributed by atoms with Gasteiger partial charge in [0.25, 0.3) is 0 Å².